The maximum absolute atomic E-state index is 12.3. The van der Waals surface area contributed by atoms with Crippen LogP contribution in [0.5, 0.6) is 0 Å². The first kappa shape index (κ1) is 21.6. The summed E-state index contributed by atoms with van der Waals surface area (Å²) in [4.78, 5) is 15.9. The van der Waals surface area contributed by atoms with E-state index in [1.807, 2.05) is 6.07 Å². The topological polar surface area (TPSA) is 154 Å². The number of hydrogen-bond acceptors (Lipinski definition) is 9. The van der Waals surface area contributed by atoms with Gasteiger partial charge in [0.05, 0.1) is 12.3 Å². The van der Waals surface area contributed by atoms with Crippen LogP contribution in [0.25, 0.3) is 5.52 Å². The molecular weight excluding hydrogens is 423 g/mol. The highest BCUT2D eigenvalue weighted by Gasteiger charge is 2.45. The number of nitrogen functional groups attached to an aromatic ring is 1. The Kier molecular flexibility index (Phi) is 6.16. The maximum Gasteiger partial charge on any atom is 0.613 e. The van der Waals surface area contributed by atoms with Gasteiger partial charge in [0, 0.05) is 0 Å². The first-order valence-corrected chi connectivity index (χ1v) is 11.3. The normalized spacial score (nSPS) is 24.6. The van der Waals surface area contributed by atoms with Crippen molar-refractivity contribution in [1.29, 1.82) is 5.26 Å². The van der Waals surface area contributed by atoms with Crippen molar-refractivity contribution in [2.24, 2.45) is 5.92 Å². The van der Waals surface area contributed by atoms with E-state index in [2.05, 4.69) is 21.2 Å². The third-order valence-corrected chi connectivity index (χ3v) is 6.41. The Balaban J connectivity index is 1.32. The molecule has 4 rings (SSSR count). The number of esters is 1. The number of fused-ring (bicyclic) bond motifs is 1. The summed E-state index contributed by atoms with van der Waals surface area (Å²) < 4.78 is 30.4. The van der Waals surface area contributed by atoms with E-state index in [1.165, 1.54) is 6.33 Å². The van der Waals surface area contributed by atoms with Crippen molar-refractivity contribution in [3.05, 3.63) is 24.2 Å². The number of nitrogens with zero attached hydrogens (tertiary/aromatic N) is 4. The Labute approximate surface area is 179 Å². The number of rotatable bonds is 9. The van der Waals surface area contributed by atoms with Crippen molar-refractivity contribution in [3.8, 4) is 6.07 Å². The number of nitrogens with one attached hydrogen (secondary N) is 1. The van der Waals surface area contributed by atoms with Gasteiger partial charge in [-0.2, -0.15) is 10.4 Å². The van der Waals surface area contributed by atoms with Gasteiger partial charge in [-0.05, 0) is 55.2 Å². The highest BCUT2D eigenvalue weighted by Crippen LogP contribution is 2.41. The van der Waals surface area contributed by atoms with Crippen molar-refractivity contribution in [2.75, 3.05) is 18.9 Å². The van der Waals surface area contributed by atoms with Gasteiger partial charge < -0.3 is 15.2 Å². The summed E-state index contributed by atoms with van der Waals surface area (Å²) in [6, 6.07) is 4.98. The van der Waals surface area contributed by atoms with E-state index in [0.717, 1.165) is 18.5 Å². The van der Waals surface area contributed by atoms with Crippen LogP contribution in [-0.2, 0) is 23.4 Å². The summed E-state index contributed by atoms with van der Waals surface area (Å²) in [5.74, 6) is 0.319. The summed E-state index contributed by atoms with van der Waals surface area (Å²) in [5, 5.41) is 16.5. The number of nitriles is 1. The first-order chi connectivity index (χ1) is 14.9. The minimum absolute atomic E-state index is 0.202. The highest BCUT2D eigenvalue weighted by molar-refractivity contribution is 7.36. The van der Waals surface area contributed by atoms with E-state index in [4.69, 9.17) is 19.7 Å². The third kappa shape index (κ3) is 4.83. The molecule has 11 nitrogen and oxygen atoms in total. The fourth-order valence-corrected chi connectivity index (χ4v) is 4.24. The largest absolute Gasteiger partial charge is 0.613 e. The molecule has 1 saturated heterocycles. The monoisotopic (exact) mass is 447 g/mol. The van der Waals surface area contributed by atoms with Gasteiger partial charge in [0.25, 0.3) is 0 Å². The Morgan fingerprint density at radius 1 is 1.52 bits per heavy atom. The van der Waals surface area contributed by atoms with Crippen molar-refractivity contribution in [1.82, 2.24) is 19.7 Å². The molecule has 0 aromatic carbocycles. The SMILES string of the molecule is C[C@H](N[P+](=O)OC[C@]1(C#N)CC[C@H](c2ccc3c(N)ncnn23)O1)C(=O)OCC1CC1. The van der Waals surface area contributed by atoms with Crippen LogP contribution in [0.2, 0.25) is 0 Å². The molecule has 2 aromatic heterocycles. The third-order valence-electron chi connectivity index (χ3n) is 5.45. The molecule has 1 saturated carbocycles. The summed E-state index contributed by atoms with van der Waals surface area (Å²) in [7, 11) is -2.38. The minimum Gasteiger partial charge on any atom is -0.464 e. The second-order valence-corrected chi connectivity index (χ2v) is 8.94. The molecule has 0 amide bonds. The second-order valence-electron chi connectivity index (χ2n) is 7.91. The lowest BCUT2D eigenvalue weighted by atomic mass is 10.0. The molecule has 3 N–H and O–H groups in total. The highest BCUT2D eigenvalue weighted by atomic mass is 31.1. The van der Waals surface area contributed by atoms with Gasteiger partial charge in [-0.25, -0.2) is 9.50 Å². The number of hydrogen-bond donors (Lipinski definition) is 2. The smallest absolute Gasteiger partial charge is 0.464 e. The summed E-state index contributed by atoms with van der Waals surface area (Å²) in [6.07, 6.45) is 4.05. The molecule has 1 unspecified atom stereocenters. The number of aromatic nitrogens is 3. The Morgan fingerprint density at radius 3 is 3.06 bits per heavy atom. The number of carbonyl (C=O) groups is 1. The number of anilines is 1. The van der Waals surface area contributed by atoms with Crippen LogP contribution in [0.1, 0.15) is 44.4 Å². The Morgan fingerprint density at radius 2 is 2.32 bits per heavy atom. The lowest BCUT2D eigenvalue weighted by Crippen LogP contribution is -2.34. The van der Waals surface area contributed by atoms with Gasteiger partial charge in [0.2, 0.25) is 0 Å². The molecule has 3 heterocycles. The predicted octanol–water partition coefficient (Wildman–Crippen LogP) is 2.03. The molecule has 0 spiro atoms. The van der Waals surface area contributed by atoms with Gasteiger partial charge in [-0.1, -0.05) is 5.09 Å². The fraction of sp³-hybridized carbons (Fsp3) is 0.579. The number of ether oxygens (including phenoxy) is 2. The molecule has 2 aliphatic rings. The number of carbonyl (C=O) groups excluding carboxylic acids is 1. The molecule has 164 valence electrons. The molecule has 4 atom stereocenters. The van der Waals surface area contributed by atoms with Crippen LogP contribution in [0.3, 0.4) is 0 Å². The van der Waals surface area contributed by atoms with Gasteiger partial charge in [-0.15, -0.1) is 4.52 Å². The standard InChI is InChI=1S/C19H24N6O5P/c1-12(18(26)28-8-13-2-3-13)24-31(27)29-10-19(9-20)7-6-16(30-19)14-4-5-15-17(21)22-11-23-25(14)15/h4-5,11-13,16H,2-3,6-8,10H2,1H3,(H,24,27)(H2,21,22,23)/q+1/t12-,16+,19+/m0/s1. The van der Waals surface area contributed by atoms with E-state index in [1.54, 1.807) is 17.5 Å². The van der Waals surface area contributed by atoms with E-state index in [0.29, 0.717) is 36.7 Å². The van der Waals surface area contributed by atoms with E-state index in [-0.39, 0.29) is 6.61 Å². The van der Waals surface area contributed by atoms with Crippen molar-refractivity contribution in [3.63, 3.8) is 0 Å². The van der Waals surface area contributed by atoms with Crippen molar-refractivity contribution in [2.45, 2.75) is 50.4 Å². The molecule has 12 heteroatoms. The minimum atomic E-state index is -2.38. The van der Waals surface area contributed by atoms with Crippen LogP contribution in [0.15, 0.2) is 18.5 Å². The van der Waals surface area contributed by atoms with Crippen LogP contribution in [0, 0.1) is 17.2 Å². The van der Waals surface area contributed by atoms with Crippen LogP contribution < -0.4 is 10.8 Å². The zero-order valence-electron chi connectivity index (χ0n) is 17.1. The van der Waals surface area contributed by atoms with Crippen molar-refractivity contribution >= 4 is 25.5 Å². The predicted molar refractivity (Wildman–Crippen MR) is 109 cm³/mol. The van der Waals surface area contributed by atoms with E-state index < -0.39 is 31.9 Å². The lowest BCUT2D eigenvalue weighted by molar-refractivity contribution is -0.145. The first-order valence-electron chi connectivity index (χ1n) is 10.1. The maximum atomic E-state index is 12.3. The Hall–Kier alpha value is -2.64. The average molecular weight is 447 g/mol. The second kappa shape index (κ2) is 8.85. The molecule has 31 heavy (non-hydrogen) atoms. The molecule has 2 fully saturated rings. The summed E-state index contributed by atoms with van der Waals surface area (Å²) in [6.45, 7) is 1.74. The van der Waals surface area contributed by atoms with Crippen LogP contribution >= 0.6 is 8.18 Å². The van der Waals surface area contributed by atoms with Crippen molar-refractivity contribution < 1.29 is 23.4 Å². The average Bonchev–Trinajstić information content (AvgIpc) is 3.33. The quantitative estimate of drug-likeness (QED) is 0.431. The molecule has 0 radical (unpaired) electrons. The zero-order valence-corrected chi connectivity index (χ0v) is 18.0. The van der Waals surface area contributed by atoms with E-state index in [9.17, 15) is 14.6 Å². The van der Waals surface area contributed by atoms with Gasteiger partial charge >= 0.3 is 14.1 Å². The van der Waals surface area contributed by atoms with Gasteiger partial charge in [0.1, 0.15) is 36.7 Å². The molecule has 0 bridgehead atoms. The fourth-order valence-electron chi connectivity index (χ4n) is 3.42. The summed E-state index contributed by atoms with van der Waals surface area (Å²) in [5.41, 5.74) is 6.01. The zero-order chi connectivity index (χ0) is 22.0. The molecular formula is C19H24N6O5P+. The molecule has 1 aliphatic carbocycles. The van der Waals surface area contributed by atoms with Gasteiger partial charge in [0.15, 0.2) is 11.4 Å². The number of nitrogens with two attached hydrogens (primary N) is 1. The van der Waals surface area contributed by atoms with E-state index >= 15 is 0 Å². The van der Waals surface area contributed by atoms with Gasteiger partial charge in [-0.3, -0.25) is 4.79 Å². The van der Waals surface area contributed by atoms with Crippen LogP contribution in [0.4, 0.5) is 5.82 Å². The molecule has 2 aromatic rings. The molecule has 1 aliphatic heterocycles. The van der Waals surface area contributed by atoms with Crippen LogP contribution in [-0.4, -0.2) is 45.4 Å². The summed E-state index contributed by atoms with van der Waals surface area (Å²) >= 11 is 0. The Bertz CT molecular complexity index is 1030. The lowest BCUT2D eigenvalue weighted by Gasteiger charge is -2.19.